The summed E-state index contributed by atoms with van der Waals surface area (Å²) in [6.45, 7) is 0.607. The predicted octanol–water partition coefficient (Wildman–Crippen LogP) is 2.45. The summed E-state index contributed by atoms with van der Waals surface area (Å²) in [6.07, 6.45) is 0. The second-order valence-electron chi connectivity index (χ2n) is 4.04. The Hall–Kier alpha value is -2.09. The highest BCUT2D eigenvalue weighted by Gasteiger charge is 2.25. The molecule has 0 fully saturated rings. The van der Waals surface area contributed by atoms with Crippen LogP contribution >= 0.6 is 15.9 Å². The fourth-order valence-corrected chi connectivity index (χ4v) is 2.50. The molecule has 1 aromatic carbocycles. The van der Waals surface area contributed by atoms with Gasteiger partial charge in [0.05, 0.1) is 11.3 Å². The molecule has 0 spiro atoms. The Bertz CT molecular complexity index is 701. The zero-order valence-corrected chi connectivity index (χ0v) is 11.5. The minimum Gasteiger partial charge on any atom is -0.486 e. The molecule has 0 radical (unpaired) electrons. The van der Waals surface area contributed by atoms with Crippen LogP contribution in [-0.2, 0) is 0 Å². The zero-order valence-electron chi connectivity index (χ0n) is 9.94. The fraction of sp³-hybridized carbons (Fsp3) is 0.167. The average molecular weight is 343 g/mol. The number of ether oxygens (including phenoxy) is 2. The van der Waals surface area contributed by atoms with Gasteiger partial charge in [0, 0.05) is 4.47 Å². The summed E-state index contributed by atoms with van der Waals surface area (Å²) in [5.41, 5.74) is 0.169. The first-order chi connectivity index (χ1) is 9.58. The summed E-state index contributed by atoms with van der Waals surface area (Å²) in [7, 11) is 0. The van der Waals surface area contributed by atoms with E-state index in [2.05, 4.69) is 26.1 Å². The largest absolute Gasteiger partial charge is 0.486 e. The number of halogens is 2. The van der Waals surface area contributed by atoms with E-state index in [0.717, 1.165) is 0 Å². The Balaban J connectivity index is 2.15. The van der Waals surface area contributed by atoms with Crippen molar-refractivity contribution in [1.29, 1.82) is 0 Å². The van der Waals surface area contributed by atoms with Crippen molar-refractivity contribution in [3.8, 4) is 22.8 Å². The van der Waals surface area contributed by atoms with E-state index in [4.69, 9.17) is 14.6 Å². The first-order valence-electron chi connectivity index (χ1n) is 5.64. The smallest absolute Gasteiger partial charge is 0.353 e. The fourth-order valence-electron chi connectivity index (χ4n) is 1.91. The Morgan fingerprint density at radius 3 is 2.85 bits per heavy atom. The van der Waals surface area contributed by atoms with Gasteiger partial charge in [-0.1, -0.05) is 0 Å². The van der Waals surface area contributed by atoms with Crippen LogP contribution in [0.25, 0.3) is 11.3 Å². The molecule has 1 aliphatic rings. The standard InChI is InChI=1S/C12H8BrFN2O4/c13-5-3-8-11(20-2-1-19-8)10(14)9(5)6-4-7(12(17)18)16-15-6/h3-4H,1-2H2,(H,15,16)(H,17,18). The topological polar surface area (TPSA) is 84.4 Å². The number of H-pyrrole nitrogens is 1. The Morgan fingerprint density at radius 1 is 1.40 bits per heavy atom. The molecule has 2 aromatic rings. The number of carboxylic acid groups (broad SMARTS) is 1. The Morgan fingerprint density at radius 2 is 2.15 bits per heavy atom. The van der Waals surface area contributed by atoms with E-state index < -0.39 is 11.8 Å². The summed E-state index contributed by atoms with van der Waals surface area (Å²) in [5.74, 6) is -1.50. The number of carboxylic acids is 1. The monoisotopic (exact) mass is 342 g/mol. The van der Waals surface area contributed by atoms with E-state index in [-0.39, 0.29) is 29.3 Å². The number of carbonyl (C=O) groups is 1. The zero-order chi connectivity index (χ0) is 14.3. The summed E-state index contributed by atoms with van der Waals surface area (Å²) in [4.78, 5) is 10.8. The molecular formula is C12H8BrFN2O4. The molecule has 104 valence electrons. The van der Waals surface area contributed by atoms with Crippen molar-refractivity contribution >= 4 is 21.9 Å². The molecular weight excluding hydrogens is 335 g/mol. The summed E-state index contributed by atoms with van der Waals surface area (Å²) >= 11 is 3.23. The molecule has 0 bridgehead atoms. The second-order valence-corrected chi connectivity index (χ2v) is 4.90. The molecule has 0 atom stereocenters. The lowest BCUT2D eigenvalue weighted by Gasteiger charge is -2.20. The molecule has 0 saturated carbocycles. The van der Waals surface area contributed by atoms with Gasteiger partial charge in [0.15, 0.2) is 17.3 Å². The van der Waals surface area contributed by atoms with E-state index >= 15 is 0 Å². The van der Waals surface area contributed by atoms with Gasteiger partial charge in [-0.25, -0.2) is 9.18 Å². The Kier molecular flexibility index (Phi) is 3.09. The number of hydrogen-bond donors (Lipinski definition) is 2. The minimum atomic E-state index is -1.17. The maximum Gasteiger partial charge on any atom is 0.353 e. The number of rotatable bonds is 2. The second kappa shape index (κ2) is 4.78. The van der Waals surface area contributed by atoms with E-state index in [1.807, 2.05) is 0 Å². The molecule has 0 amide bonds. The van der Waals surface area contributed by atoms with Gasteiger partial charge in [-0.15, -0.1) is 0 Å². The van der Waals surface area contributed by atoms with Crippen LogP contribution in [0, 0.1) is 5.82 Å². The molecule has 3 rings (SSSR count). The third-order valence-corrected chi connectivity index (χ3v) is 3.42. The summed E-state index contributed by atoms with van der Waals surface area (Å²) in [5, 5.41) is 15.0. The van der Waals surface area contributed by atoms with Crippen molar-refractivity contribution in [2.75, 3.05) is 13.2 Å². The van der Waals surface area contributed by atoms with Crippen molar-refractivity contribution in [2.24, 2.45) is 0 Å². The van der Waals surface area contributed by atoms with Gasteiger partial charge in [0.2, 0.25) is 0 Å². The highest BCUT2D eigenvalue weighted by atomic mass is 79.9. The normalized spacial score (nSPS) is 13.3. The highest BCUT2D eigenvalue weighted by Crippen LogP contribution is 2.42. The first kappa shape index (κ1) is 12.9. The lowest BCUT2D eigenvalue weighted by molar-refractivity contribution is 0.0690. The van der Waals surface area contributed by atoms with Crippen molar-refractivity contribution in [3.05, 3.63) is 28.1 Å². The molecule has 1 aliphatic heterocycles. The first-order valence-corrected chi connectivity index (χ1v) is 6.44. The highest BCUT2D eigenvalue weighted by molar-refractivity contribution is 9.10. The minimum absolute atomic E-state index is 0.00863. The average Bonchev–Trinajstić information content (AvgIpc) is 2.88. The third-order valence-electron chi connectivity index (χ3n) is 2.79. The van der Waals surface area contributed by atoms with Crippen LogP contribution in [0.5, 0.6) is 11.5 Å². The molecule has 1 aromatic heterocycles. The SMILES string of the molecule is O=C(O)c1cc(-c2c(Br)cc3c(c2F)OCCO3)n[nH]1. The molecule has 2 heterocycles. The number of nitrogens with zero attached hydrogens (tertiary/aromatic N) is 1. The molecule has 0 unspecified atom stereocenters. The quantitative estimate of drug-likeness (QED) is 0.875. The lowest BCUT2D eigenvalue weighted by Crippen LogP contribution is -2.16. The maximum absolute atomic E-state index is 14.5. The molecule has 0 aliphatic carbocycles. The van der Waals surface area contributed by atoms with Crippen LogP contribution in [0.1, 0.15) is 10.5 Å². The number of nitrogens with one attached hydrogen (secondary N) is 1. The van der Waals surface area contributed by atoms with Gasteiger partial charge in [-0.2, -0.15) is 5.10 Å². The molecule has 0 saturated heterocycles. The summed E-state index contributed by atoms with van der Waals surface area (Å²) in [6, 6.07) is 2.82. The third kappa shape index (κ3) is 2.01. The van der Waals surface area contributed by atoms with Crippen molar-refractivity contribution in [3.63, 3.8) is 0 Å². The Labute approximate surface area is 120 Å². The van der Waals surface area contributed by atoms with Crippen LogP contribution in [0.4, 0.5) is 4.39 Å². The van der Waals surface area contributed by atoms with Crippen molar-refractivity contribution in [1.82, 2.24) is 10.2 Å². The molecule has 6 nitrogen and oxygen atoms in total. The number of aromatic carboxylic acids is 1. The molecule has 2 N–H and O–H groups in total. The predicted molar refractivity (Wildman–Crippen MR) is 69.6 cm³/mol. The molecule has 20 heavy (non-hydrogen) atoms. The van der Waals surface area contributed by atoms with Crippen molar-refractivity contribution < 1.29 is 23.8 Å². The lowest BCUT2D eigenvalue weighted by atomic mass is 10.1. The number of aromatic amines is 1. The van der Waals surface area contributed by atoms with Crippen molar-refractivity contribution in [2.45, 2.75) is 0 Å². The van der Waals surface area contributed by atoms with Gasteiger partial charge in [0.1, 0.15) is 18.9 Å². The molecule has 8 heteroatoms. The van der Waals surface area contributed by atoms with Gasteiger partial charge in [-0.3, -0.25) is 5.10 Å². The number of fused-ring (bicyclic) bond motifs is 1. The van der Waals surface area contributed by atoms with E-state index in [9.17, 15) is 9.18 Å². The van der Waals surface area contributed by atoms with E-state index in [0.29, 0.717) is 16.8 Å². The van der Waals surface area contributed by atoms with Crippen LogP contribution < -0.4 is 9.47 Å². The number of hydrogen-bond acceptors (Lipinski definition) is 4. The maximum atomic E-state index is 14.5. The summed E-state index contributed by atoms with van der Waals surface area (Å²) < 4.78 is 25.4. The van der Waals surface area contributed by atoms with E-state index in [1.54, 1.807) is 6.07 Å². The van der Waals surface area contributed by atoms with Crippen LogP contribution in [0.15, 0.2) is 16.6 Å². The van der Waals surface area contributed by atoms with Gasteiger partial charge < -0.3 is 14.6 Å². The van der Waals surface area contributed by atoms with Gasteiger partial charge >= 0.3 is 5.97 Å². The number of aromatic nitrogens is 2. The van der Waals surface area contributed by atoms with Gasteiger partial charge in [-0.05, 0) is 28.1 Å². The number of benzene rings is 1. The van der Waals surface area contributed by atoms with Crippen LogP contribution in [0.3, 0.4) is 0 Å². The van der Waals surface area contributed by atoms with Crippen LogP contribution in [-0.4, -0.2) is 34.5 Å². The van der Waals surface area contributed by atoms with Gasteiger partial charge in [0.25, 0.3) is 0 Å². The van der Waals surface area contributed by atoms with Crippen LogP contribution in [0.2, 0.25) is 0 Å². The van der Waals surface area contributed by atoms with E-state index in [1.165, 1.54) is 6.07 Å².